The highest BCUT2D eigenvalue weighted by molar-refractivity contribution is 9.10. The molecule has 4 nitrogen and oxygen atoms in total. The molecule has 1 aromatic rings. The number of hydrogen-bond acceptors (Lipinski definition) is 3. The van der Waals surface area contributed by atoms with Crippen molar-refractivity contribution in [1.29, 1.82) is 0 Å². The van der Waals surface area contributed by atoms with E-state index in [1.165, 1.54) is 0 Å². The number of rotatable bonds is 3. The first kappa shape index (κ1) is 15.4. The fourth-order valence-electron chi connectivity index (χ4n) is 1.67. The van der Waals surface area contributed by atoms with Crippen molar-refractivity contribution in [2.24, 2.45) is 0 Å². The van der Waals surface area contributed by atoms with Gasteiger partial charge in [-0.2, -0.15) is 0 Å². The van der Waals surface area contributed by atoms with Crippen LogP contribution in [0.15, 0.2) is 9.27 Å². The molecule has 1 rings (SSSR count). The number of aromatic nitrogens is 2. The number of nitrogens with zero attached hydrogens (tertiary/aromatic N) is 1. The summed E-state index contributed by atoms with van der Waals surface area (Å²) in [7, 11) is 0. The number of H-pyrrole nitrogens is 1. The summed E-state index contributed by atoms with van der Waals surface area (Å²) in [4.78, 5) is 19.3. The molecule has 0 spiro atoms. The third kappa shape index (κ3) is 3.20. The van der Waals surface area contributed by atoms with Crippen LogP contribution in [0.25, 0.3) is 0 Å². The molecule has 18 heavy (non-hydrogen) atoms. The first-order valence-electron chi connectivity index (χ1n) is 6.04. The van der Waals surface area contributed by atoms with Gasteiger partial charge in [-0.25, -0.2) is 4.98 Å². The van der Waals surface area contributed by atoms with E-state index in [0.717, 1.165) is 5.69 Å². The minimum atomic E-state index is -0.603. The highest BCUT2D eigenvalue weighted by atomic mass is 79.9. The predicted molar refractivity (Wildman–Crippen MR) is 75.9 cm³/mol. The summed E-state index contributed by atoms with van der Waals surface area (Å²) in [5, 5.41) is 0. The van der Waals surface area contributed by atoms with Gasteiger partial charge in [0.1, 0.15) is 15.9 Å². The van der Waals surface area contributed by atoms with Gasteiger partial charge in [0.05, 0.1) is 5.69 Å². The zero-order chi connectivity index (χ0) is 14.1. The molecule has 0 bridgehead atoms. The van der Waals surface area contributed by atoms with Crippen molar-refractivity contribution < 1.29 is 4.74 Å². The zero-order valence-electron chi connectivity index (χ0n) is 11.8. The van der Waals surface area contributed by atoms with E-state index >= 15 is 0 Å². The maximum atomic E-state index is 12.0. The van der Waals surface area contributed by atoms with Crippen molar-refractivity contribution in [3.05, 3.63) is 26.3 Å². The molecule has 1 heterocycles. The van der Waals surface area contributed by atoms with E-state index in [0.29, 0.717) is 16.9 Å². The maximum Gasteiger partial charge on any atom is 0.265 e. The van der Waals surface area contributed by atoms with Gasteiger partial charge in [-0.15, -0.1) is 0 Å². The zero-order valence-corrected chi connectivity index (χ0v) is 13.4. The quantitative estimate of drug-likeness (QED) is 0.932. The first-order chi connectivity index (χ1) is 8.09. The molecule has 1 N–H and O–H groups in total. The summed E-state index contributed by atoms with van der Waals surface area (Å²) in [5.41, 5.74) is -0.231. The van der Waals surface area contributed by atoms with Gasteiger partial charge in [-0.3, -0.25) is 4.79 Å². The lowest BCUT2D eigenvalue weighted by atomic mass is 9.91. The Bertz CT molecular complexity index is 487. The maximum absolute atomic E-state index is 12.0. The number of halogens is 1. The molecule has 0 amide bonds. The molecule has 0 unspecified atom stereocenters. The van der Waals surface area contributed by atoms with E-state index < -0.39 is 5.60 Å². The summed E-state index contributed by atoms with van der Waals surface area (Å²) >= 11 is 3.31. The van der Waals surface area contributed by atoms with Crippen molar-refractivity contribution in [2.75, 3.05) is 6.61 Å². The Labute approximate surface area is 116 Å². The van der Waals surface area contributed by atoms with Crippen molar-refractivity contribution in [3.63, 3.8) is 0 Å². The van der Waals surface area contributed by atoms with Crippen LogP contribution < -0.4 is 5.56 Å². The Kier molecular flexibility index (Phi) is 4.38. The van der Waals surface area contributed by atoms with Crippen molar-refractivity contribution in [3.8, 4) is 0 Å². The van der Waals surface area contributed by atoms with Gasteiger partial charge in [0.25, 0.3) is 5.56 Å². The second-order valence-electron chi connectivity index (χ2n) is 5.77. The molecule has 0 fully saturated rings. The van der Waals surface area contributed by atoms with Crippen LogP contribution in [-0.2, 0) is 15.8 Å². The van der Waals surface area contributed by atoms with E-state index in [1.807, 2.05) is 41.5 Å². The first-order valence-corrected chi connectivity index (χ1v) is 6.83. The number of nitrogens with one attached hydrogen (secondary N) is 1. The van der Waals surface area contributed by atoms with Gasteiger partial charge in [0.15, 0.2) is 0 Å². The van der Waals surface area contributed by atoms with Crippen LogP contribution in [-0.4, -0.2) is 16.6 Å². The molecule has 1 aromatic heterocycles. The van der Waals surface area contributed by atoms with Crippen LogP contribution in [0.5, 0.6) is 0 Å². The number of aromatic amines is 1. The fraction of sp³-hybridized carbons (Fsp3) is 0.692. The summed E-state index contributed by atoms with van der Waals surface area (Å²) in [6.45, 7) is 12.4. The van der Waals surface area contributed by atoms with Crippen LogP contribution in [0.1, 0.15) is 53.1 Å². The Hall–Kier alpha value is -0.680. The molecule has 5 heteroatoms. The summed E-state index contributed by atoms with van der Waals surface area (Å²) < 4.78 is 6.12. The second kappa shape index (κ2) is 5.13. The largest absolute Gasteiger partial charge is 0.368 e. The minimum absolute atomic E-state index is 0.169. The summed E-state index contributed by atoms with van der Waals surface area (Å²) in [6, 6.07) is 0. The van der Waals surface area contributed by atoms with Gasteiger partial charge in [-0.05, 0) is 36.7 Å². The molecule has 0 aliphatic heterocycles. The second-order valence-corrected chi connectivity index (χ2v) is 6.56. The molecule has 0 radical (unpaired) electrons. The normalized spacial score (nSPS) is 12.8. The van der Waals surface area contributed by atoms with Crippen LogP contribution in [0.2, 0.25) is 0 Å². The summed E-state index contributed by atoms with van der Waals surface area (Å²) in [6.07, 6.45) is 0. The molecule has 0 aliphatic rings. The van der Waals surface area contributed by atoms with Gasteiger partial charge in [-0.1, -0.05) is 20.8 Å². The fourth-order valence-corrected chi connectivity index (χ4v) is 2.45. The average Bonchev–Trinajstić information content (AvgIpc) is 2.19. The predicted octanol–water partition coefficient (Wildman–Crippen LogP) is 3.10. The van der Waals surface area contributed by atoms with Crippen LogP contribution in [0.4, 0.5) is 0 Å². The van der Waals surface area contributed by atoms with Crippen molar-refractivity contribution >= 4 is 15.9 Å². The Balaban J connectivity index is 3.43. The highest BCUT2D eigenvalue weighted by Crippen LogP contribution is 2.28. The third-order valence-corrected chi connectivity index (χ3v) is 3.38. The van der Waals surface area contributed by atoms with Crippen LogP contribution in [0.3, 0.4) is 0 Å². The van der Waals surface area contributed by atoms with Crippen molar-refractivity contribution in [2.45, 2.75) is 52.6 Å². The molecule has 0 atom stereocenters. The molecule has 0 aromatic carbocycles. The van der Waals surface area contributed by atoms with Crippen molar-refractivity contribution in [1.82, 2.24) is 9.97 Å². The van der Waals surface area contributed by atoms with Gasteiger partial charge >= 0.3 is 0 Å². The topological polar surface area (TPSA) is 55.0 Å². The SMILES string of the molecule is CCOC(C)(C)c1nc(C(C)(C)C)c(Br)c(=O)[nH]1. The van der Waals surface area contributed by atoms with Gasteiger partial charge in [0.2, 0.25) is 0 Å². The van der Waals surface area contributed by atoms with Crippen LogP contribution in [0, 0.1) is 0 Å². The number of hydrogen-bond donors (Lipinski definition) is 1. The van der Waals surface area contributed by atoms with E-state index in [-0.39, 0.29) is 11.0 Å². The molecule has 102 valence electrons. The van der Waals surface area contributed by atoms with E-state index in [1.54, 1.807) is 0 Å². The Morgan fingerprint density at radius 2 is 1.83 bits per heavy atom. The van der Waals surface area contributed by atoms with Gasteiger partial charge < -0.3 is 9.72 Å². The van der Waals surface area contributed by atoms with E-state index in [2.05, 4.69) is 25.9 Å². The third-order valence-electron chi connectivity index (χ3n) is 2.65. The van der Waals surface area contributed by atoms with E-state index in [9.17, 15) is 4.79 Å². The molecular weight excluding hydrogens is 296 g/mol. The lowest BCUT2D eigenvalue weighted by Crippen LogP contribution is -2.31. The van der Waals surface area contributed by atoms with Gasteiger partial charge in [0, 0.05) is 12.0 Å². The van der Waals surface area contributed by atoms with Crippen LogP contribution >= 0.6 is 15.9 Å². The minimum Gasteiger partial charge on any atom is -0.368 e. The molecule has 0 saturated heterocycles. The molecular formula is C13H21BrN2O2. The molecule has 0 aliphatic carbocycles. The Morgan fingerprint density at radius 1 is 1.28 bits per heavy atom. The van der Waals surface area contributed by atoms with E-state index in [4.69, 9.17) is 4.74 Å². The lowest BCUT2D eigenvalue weighted by molar-refractivity contribution is -0.0212. The number of ether oxygens (including phenoxy) is 1. The monoisotopic (exact) mass is 316 g/mol. The lowest BCUT2D eigenvalue weighted by Gasteiger charge is -2.26. The standard InChI is InChI=1S/C13H21BrN2O2/c1-7-18-13(5,6)11-15-9(12(2,3)4)8(14)10(17)16-11/h7H2,1-6H3,(H,15,16,17). The molecule has 0 saturated carbocycles. The highest BCUT2D eigenvalue weighted by Gasteiger charge is 2.28. The Morgan fingerprint density at radius 3 is 2.28 bits per heavy atom. The smallest absolute Gasteiger partial charge is 0.265 e. The average molecular weight is 317 g/mol. The summed E-state index contributed by atoms with van der Waals surface area (Å²) in [5.74, 6) is 0.558.